The first-order valence-electron chi connectivity index (χ1n) is 9.62. The van der Waals surface area contributed by atoms with Crippen molar-refractivity contribution in [3.05, 3.63) is 30.6 Å². The molecule has 1 aliphatic carbocycles. The molecule has 0 unspecified atom stereocenters. The number of sulfonamides is 1. The topological polar surface area (TPSA) is 136 Å². The number of guanidine groups is 1. The predicted molar refractivity (Wildman–Crippen MR) is 116 cm³/mol. The molecule has 162 valence electrons. The second-order valence-electron chi connectivity index (χ2n) is 7.09. The number of nitrogens with zero attached hydrogens (tertiary/aromatic N) is 2. The molecular formula is C19H24ClN5O4S. The normalized spacial score (nSPS) is 20.1. The van der Waals surface area contributed by atoms with Gasteiger partial charge in [-0.15, -0.1) is 4.51 Å². The SMILES string of the molecule is CCOC(=O)C1CCC(NS(=O)(=O)c2ccc3c(NC(N)=NCl)cncc3c2)CC1. The van der Waals surface area contributed by atoms with E-state index in [4.69, 9.17) is 22.2 Å². The van der Waals surface area contributed by atoms with Gasteiger partial charge in [-0.1, -0.05) is 6.07 Å². The van der Waals surface area contributed by atoms with E-state index >= 15 is 0 Å². The molecular weight excluding hydrogens is 430 g/mol. The van der Waals surface area contributed by atoms with Crippen LogP contribution in [0.3, 0.4) is 0 Å². The number of halogens is 1. The molecule has 1 aromatic heterocycles. The fraction of sp³-hybridized carbons (Fsp3) is 0.421. The fourth-order valence-corrected chi connectivity index (χ4v) is 4.96. The van der Waals surface area contributed by atoms with E-state index in [1.54, 1.807) is 31.5 Å². The molecule has 0 spiro atoms. The molecule has 30 heavy (non-hydrogen) atoms. The van der Waals surface area contributed by atoms with Gasteiger partial charge >= 0.3 is 5.97 Å². The third-order valence-corrected chi connectivity index (χ3v) is 6.76. The highest BCUT2D eigenvalue weighted by Gasteiger charge is 2.30. The quantitative estimate of drug-likeness (QED) is 0.347. The van der Waals surface area contributed by atoms with Crippen molar-refractivity contribution in [3.63, 3.8) is 0 Å². The summed E-state index contributed by atoms with van der Waals surface area (Å²) in [7, 11) is -3.72. The Bertz CT molecular complexity index is 1050. The molecule has 1 aliphatic rings. The molecule has 1 saturated carbocycles. The third-order valence-electron chi connectivity index (χ3n) is 5.06. The van der Waals surface area contributed by atoms with Crippen molar-refractivity contribution in [2.75, 3.05) is 11.9 Å². The maximum absolute atomic E-state index is 12.9. The molecule has 0 bridgehead atoms. The van der Waals surface area contributed by atoms with Crippen LogP contribution in [0, 0.1) is 5.92 Å². The summed E-state index contributed by atoms with van der Waals surface area (Å²) >= 11 is 5.34. The molecule has 3 rings (SSSR count). The largest absolute Gasteiger partial charge is 0.466 e. The highest BCUT2D eigenvalue weighted by molar-refractivity contribution is 7.89. The molecule has 0 radical (unpaired) electrons. The summed E-state index contributed by atoms with van der Waals surface area (Å²) in [5, 5.41) is 4.16. The van der Waals surface area contributed by atoms with Gasteiger partial charge in [-0.05, 0) is 44.7 Å². The van der Waals surface area contributed by atoms with Crippen LogP contribution < -0.4 is 15.8 Å². The van der Waals surface area contributed by atoms with Crippen LogP contribution in [-0.2, 0) is 19.6 Å². The summed E-state index contributed by atoms with van der Waals surface area (Å²) in [5.41, 5.74) is 6.15. The van der Waals surface area contributed by atoms with Crippen molar-refractivity contribution in [2.45, 2.75) is 43.5 Å². The summed E-state index contributed by atoms with van der Waals surface area (Å²) in [6, 6.07) is 4.53. The number of fused-ring (bicyclic) bond motifs is 1. The number of carbonyl (C=O) groups excluding carboxylic acids is 1. The summed E-state index contributed by atoms with van der Waals surface area (Å²) in [6.07, 6.45) is 5.49. The van der Waals surface area contributed by atoms with Crippen LogP contribution >= 0.6 is 11.8 Å². The number of nitrogens with one attached hydrogen (secondary N) is 2. The molecule has 4 N–H and O–H groups in total. The second kappa shape index (κ2) is 9.59. The van der Waals surface area contributed by atoms with E-state index in [-0.39, 0.29) is 28.8 Å². The maximum atomic E-state index is 12.9. The van der Waals surface area contributed by atoms with E-state index in [9.17, 15) is 13.2 Å². The van der Waals surface area contributed by atoms with Crippen LogP contribution in [0.4, 0.5) is 5.69 Å². The van der Waals surface area contributed by atoms with Crippen molar-refractivity contribution in [1.29, 1.82) is 0 Å². The maximum Gasteiger partial charge on any atom is 0.308 e. The van der Waals surface area contributed by atoms with Crippen LogP contribution in [0.1, 0.15) is 32.6 Å². The smallest absolute Gasteiger partial charge is 0.308 e. The molecule has 1 heterocycles. The van der Waals surface area contributed by atoms with E-state index in [2.05, 4.69) is 19.5 Å². The third kappa shape index (κ3) is 5.18. The monoisotopic (exact) mass is 453 g/mol. The lowest BCUT2D eigenvalue weighted by molar-refractivity contribution is -0.149. The van der Waals surface area contributed by atoms with E-state index in [0.717, 1.165) is 5.39 Å². The summed E-state index contributed by atoms with van der Waals surface area (Å²) in [5.74, 6) is -0.361. The van der Waals surface area contributed by atoms with Crippen molar-refractivity contribution in [2.24, 2.45) is 16.2 Å². The van der Waals surface area contributed by atoms with Crippen LogP contribution in [0.5, 0.6) is 0 Å². The first-order valence-corrected chi connectivity index (χ1v) is 11.4. The van der Waals surface area contributed by atoms with E-state index in [1.807, 2.05) is 0 Å². The Morgan fingerprint density at radius 2 is 2.03 bits per heavy atom. The Kier molecular flexibility index (Phi) is 7.11. The number of esters is 1. The van der Waals surface area contributed by atoms with Gasteiger partial charge in [0.15, 0.2) is 0 Å². The molecule has 0 amide bonds. The van der Waals surface area contributed by atoms with Crippen molar-refractivity contribution in [3.8, 4) is 0 Å². The van der Waals surface area contributed by atoms with E-state index < -0.39 is 10.0 Å². The van der Waals surface area contributed by atoms with Gasteiger partial charge in [0.25, 0.3) is 0 Å². The van der Waals surface area contributed by atoms with Gasteiger partial charge in [-0.2, -0.15) is 0 Å². The zero-order valence-electron chi connectivity index (χ0n) is 16.5. The lowest BCUT2D eigenvalue weighted by Crippen LogP contribution is -2.38. The Hall–Kier alpha value is -2.43. The molecule has 2 aromatic rings. The Balaban J connectivity index is 1.73. The number of hydrogen-bond acceptors (Lipinski definition) is 6. The standard InChI is InChI=1S/C19H24ClN5O4S/c1-2-29-18(26)12-3-5-14(6-4-12)25-30(27,28)15-7-8-16-13(9-15)10-22-11-17(16)23-19(21)24-20/h7-12,14,25H,2-6H2,1H3,(H3,21,23,24). The van der Waals surface area contributed by atoms with Gasteiger partial charge in [-0.25, -0.2) is 13.1 Å². The van der Waals surface area contributed by atoms with Crippen LogP contribution in [0.2, 0.25) is 0 Å². The number of pyridine rings is 1. The van der Waals surface area contributed by atoms with E-state index in [1.165, 1.54) is 6.07 Å². The van der Waals surface area contributed by atoms with Crippen molar-refractivity contribution in [1.82, 2.24) is 9.71 Å². The number of rotatable bonds is 6. The Labute approximate surface area is 180 Å². The zero-order valence-corrected chi connectivity index (χ0v) is 18.0. The highest BCUT2D eigenvalue weighted by atomic mass is 35.5. The van der Waals surface area contributed by atoms with Crippen molar-refractivity contribution >= 4 is 50.2 Å². The van der Waals surface area contributed by atoms with Gasteiger partial charge in [0.2, 0.25) is 16.0 Å². The first kappa shape index (κ1) is 22.3. The van der Waals surface area contributed by atoms with Crippen molar-refractivity contribution < 1.29 is 17.9 Å². The van der Waals surface area contributed by atoms with Gasteiger partial charge in [0.1, 0.15) is 0 Å². The predicted octanol–water partition coefficient (Wildman–Crippen LogP) is 2.52. The summed E-state index contributed by atoms with van der Waals surface area (Å²) in [6.45, 7) is 2.13. The number of benzene rings is 1. The Morgan fingerprint density at radius 3 is 2.70 bits per heavy atom. The minimum atomic E-state index is -3.72. The van der Waals surface area contributed by atoms with Gasteiger partial charge < -0.3 is 15.8 Å². The molecule has 1 fully saturated rings. The molecule has 9 nitrogen and oxygen atoms in total. The zero-order chi connectivity index (χ0) is 21.7. The summed E-state index contributed by atoms with van der Waals surface area (Å²) < 4.78 is 36.9. The fourth-order valence-electron chi connectivity index (χ4n) is 3.57. The molecule has 0 atom stereocenters. The number of aromatic nitrogens is 1. The minimum absolute atomic E-state index is 0.00255. The van der Waals surface area contributed by atoms with E-state index in [0.29, 0.717) is 43.4 Å². The minimum Gasteiger partial charge on any atom is -0.466 e. The van der Waals surface area contributed by atoms with Crippen LogP contribution in [0.25, 0.3) is 10.8 Å². The van der Waals surface area contributed by atoms with Crippen LogP contribution in [0.15, 0.2) is 40.0 Å². The molecule has 0 aliphatic heterocycles. The highest BCUT2D eigenvalue weighted by Crippen LogP contribution is 2.28. The summed E-state index contributed by atoms with van der Waals surface area (Å²) in [4.78, 5) is 16.1. The average Bonchev–Trinajstić information content (AvgIpc) is 2.74. The average molecular weight is 454 g/mol. The lowest BCUT2D eigenvalue weighted by atomic mass is 9.86. The first-order chi connectivity index (χ1) is 14.3. The van der Waals surface area contributed by atoms with Gasteiger partial charge in [-0.3, -0.25) is 9.78 Å². The number of nitrogens with two attached hydrogens (primary N) is 1. The lowest BCUT2D eigenvalue weighted by Gasteiger charge is -2.27. The second-order valence-corrected chi connectivity index (χ2v) is 8.97. The molecule has 0 saturated heterocycles. The number of anilines is 1. The number of carbonyl (C=O) groups is 1. The molecule has 11 heteroatoms. The number of hydrogen-bond donors (Lipinski definition) is 3. The number of ether oxygens (including phenoxy) is 1. The van der Waals surface area contributed by atoms with Gasteiger partial charge in [0.05, 0.1) is 29.3 Å². The molecule has 1 aromatic carbocycles. The Morgan fingerprint density at radius 1 is 1.30 bits per heavy atom. The van der Waals surface area contributed by atoms with Crippen LogP contribution in [-0.4, -0.2) is 38.0 Å². The van der Waals surface area contributed by atoms with Gasteiger partial charge in [0, 0.05) is 34.8 Å².